The standard InChI is InChI=1S/C23H31N3O3S/c1-16-21(23(27)25-20-13-9-11-18-10-5-6-12-19(18)20)24-17(2)22(16)30(28,29)26-14-7-3-4-8-15-26/h5-6,10,12,20,24H,3-4,7-9,11,13-15H2,1-2H3,(H,25,27)/t20-/m0/s1. The number of fused-ring (bicyclic) bond motifs is 1. The maximum absolute atomic E-state index is 13.3. The van der Waals surface area contributed by atoms with Crippen molar-refractivity contribution in [2.75, 3.05) is 13.1 Å². The summed E-state index contributed by atoms with van der Waals surface area (Å²) < 4.78 is 28.3. The molecule has 0 radical (unpaired) electrons. The minimum absolute atomic E-state index is 0.0453. The molecular formula is C23H31N3O3S. The first-order valence-corrected chi connectivity index (χ1v) is 12.4. The third-order valence-corrected chi connectivity index (χ3v) is 8.61. The number of hydrogen-bond acceptors (Lipinski definition) is 3. The number of aryl methyl sites for hydroxylation is 2. The fraction of sp³-hybridized carbons (Fsp3) is 0.522. The van der Waals surface area contributed by atoms with E-state index in [0.717, 1.165) is 50.5 Å². The van der Waals surface area contributed by atoms with Gasteiger partial charge in [0, 0.05) is 18.8 Å². The number of hydrogen-bond donors (Lipinski definition) is 2. The first-order valence-electron chi connectivity index (χ1n) is 11.0. The van der Waals surface area contributed by atoms with Crippen molar-refractivity contribution >= 4 is 15.9 Å². The summed E-state index contributed by atoms with van der Waals surface area (Å²) in [5, 5.41) is 3.14. The summed E-state index contributed by atoms with van der Waals surface area (Å²) in [6.07, 6.45) is 6.84. The molecule has 1 atom stereocenters. The van der Waals surface area contributed by atoms with Crippen LogP contribution in [-0.2, 0) is 16.4 Å². The monoisotopic (exact) mass is 429 g/mol. The molecule has 2 aliphatic rings. The molecule has 1 aromatic heterocycles. The number of sulfonamides is 1. The number of rotatable bonds is 4. The molecule has 1 aliphatic carbocycles. The summed E-state index contributed by atoms with van der Waals surface area (Å²) in [6.45, 7) is 4.57. The summed E-state index contributed by atoms with van der Waals surface area (Å²) in [4.78, 5) is 16.4. The summed E-state index contributed by atoms with van der Waals surface area (Å²) in [5.74, 6) is -0.241. The van der Waals surface area contributed by atoms with Crippen molar-refractivity contribution in [3.63, 3.8) is 0 Å². The van der Waals surface area contributed by atoms with Gasteiger partial charge in [-0.25, -0.2) is 8.42 Å². The molecule has 2 aromatic rings. The average Bonchev–Trinajstić information content (AvgIpc) is 2.90. The van der Waals surface area contributed by atoms with Crippen molar-refractivity contribution in [3.05, 3.63) is 52.3 Å². The van der Waals surface area contributed by atoms with E-state index < -0.39 is 10.0 Å². The Morgan fingerprint density at radius 1 is 1.07 bits per heavy atom. The molecule has 0 saturated carbocycles. The third-order valence-electron chi connectivity index (χ3n) is 6.43. The molecule has 0 bridgehead atoms. The maximum Gasteiger partial charge on any atom is 0.268 e. The molecule has 30 heavy (non-hydrogen) atoms. The van der Waals surface area contributed by atoms with Crippen molar-refractivity contribution in [1.82, 2.24) is 14.6 Å². The smallest absolute Gasteiger partial charge is 0.268 e. The summed E-state index contributed by atoms with van der Waals surface area (Å²) >= 11 is 0. The minimum Gasteiger partial charge on any atom is -0.353 e. The van der Waals surface area contributed by atoms with Gasteiger partial charge in [-0.05, 0) is 62.6 Å². The van der Waals surface area contributed by atoms with Crippen LogP contribution in [0.1, 0.15) is 77.4 Å². The van der Waals surface area contributed by atoms with Crippen LogP contribution in [0.2, 0.25) is 0 Å². The van der Waals surface area contributed by atoms with E-state index in [0.29, 0.717) is 30.0 Å². The van der Waals surface area contributed by atoms with E-state index in [2.05, 4.69) is 22.4 Å². The second-order valence-corrected chi connectivity index (χ2v) is 10.4. The first kappa shape index (κ1) is 21.1. The van der Waals surface area contributed by atoms with Crippen molar-refractivity contribution in [2.45, 2.75) is 69.7 Å². The highest BCUT2D eigenvalue weighted by atomic mass is 32.2. The lowest BCUT2D eigenvalue weighted by Gasteiger charge is -2.26. The number of benzene rings is 1. The topological polar surface area (TPSA) is 82.3 Å². The fourth-order valence-electron chi connectivity index (χ4n) is 4.89. The number of H-pyrrole nitrogens is 1. The summed E-state index contributed by atoms with van der Waals surface area (Å²) in [5.41, 5.74) is 3.83. The van der Waals surface area contributed by atoms with Crippen molar-refractivity contribution in [3.8, 4) is 0 Å². The molecule has 162 valence electrons. The quantitative estimate of drug-likeness (QED) is 0.771. The zero-order valence-electron chi connectivity index (χ0n) is 17.8. The molecule has 1 aliphatic heterocycles. The van der Waals surface area contributed by atoms with Crippen LogP contribution >= 0.6 is 0 Å². The van der Waals surface area contributed by atoms with Crippen LogP contribution in [0, 0.1) is 13.8 Å². The second kappa shape index (κ2) is 8.55. The van der Waals surface area contributed by atoms with Crippen molar-refractivity contribution in [1.29, 1.82) is 0 Å². The Hall–Kier alpha value is -2.12. The SMILES string of the molecule is Cc1[nH]c(C(=O)N[C@H]2CCCc3ccccc32)c(C)c1S(=O)(=O)N1CCCCCC1. The van der Waals surface area contributed by atoms with Crippen molar-refractivity contribution in [2.24, 2.45) is 0 Å². The van der Waals surface area contributed by atoms with Gasteiger partial charge in [-0.15, -0.1) is 0 Å². The van der Waals surface area contributed by atoms with Gasteiger partial charge in [0.05, 0.1) is 6.04 Å². The molecule has 1 aromatic carbocycles. The Kier molecular flexibility index (Phi) is 6.02. The van der Waals surface area contributed by atoms with Gasteiger partial charge < -0.3 is 10.3 Å². The molecule has 1 fully saturated rings. The molecular weight excluding hydrogens is 398 g/mol. The van der Waals surface area contributed by atoms with Gasteiger partial charge in [0.25, 0.3) is 5.91 Å². The van der Waals surface area contributed by atoms with Crippen molar-refractivity contribution < 1.29 is 13.2 Å². The number of aromatic nitrogens is 1. The average molecular weight is 430 g/mol. The Labute approximate surface area is 179 Å². The van der Waals surface area contributed by atoms with Crippen LogP contribution < -0.4 is 5.32 Å². The predicted octanol–water partition coefficient (Wildman–Crippen LogP) is 4.00. The fourth-order valence-corrected chi connectivity index (χ4v) is 6.82. The van der Waals surface area contributed by atoms with E-state index in [-0.39, 0.29) is 16.8 Å². The van der Waals surface area contributed by atoms with Gasteiger partial charge in [-0.2, -0.15) is 4.31 Å². The van der Waals surface area contributed by atoms with E-state index in [1.165, 1.54) is 5.56 Å². The molecule has 1 amide bonds. The Balaban J connectivity index is 1.60. The van der Waals surface area contributed by atoms with Crippen LogP contribution in [0.3, 0.4) is 0 Å². The zero-order chi connectivity index (χ0) is 21.3. The highest BCUT2D eigenvalue weighted by molar-refractivity contribution is 7.89. The molecule has 2 N–H and O–H groups in total. The van der Waals surface area contributed by atoms with Gasteiger partial charge in [0.2, 0.25) is 10.0 Å². The number of carbonyl (C=O) groups excluding carboxylic acids is 1. The van der Waals surface area contributed by atoms with Gasteiger partial charge in [0.15, 0.2) is 0 Å². The lowest BCUT2D eigenvalue weighted by molar-refractivity contribution is 0.0927. The highest BCUT2D eigenvalue weighted by Gasteiger charge is 2.32. The Morgan fingerprint density at radius 2 is 1.77 bits per heavy atom. The lowest BCUT2D eigenvalue weighted by atomic mass is 9.87. The molecule has 7 heteroatoms. The van der Waals surface area contributed by atoms with E-state index in [9.17, 15) is 13.2 Å². The predicted molar refractivity (Wildman–Crippen MR) is 117 cm³/mol. The van der Waals surface area contributed by atoms with Crippen LogP contribution in [0.5, 0.6) is 0 Å². The summed E-state index contributed by atoms with van der Waals surface area (Å²) in [7, 11) is -3.62. The van der Waals surface area contributed by atoms with Gasteiger partial charge in [-0.1, -0.05) is 37.1 Å². The van der Waals surface area contributed by atoms with E-state index in [4.69, 9.17) is 0 Å². The minimum atomic E-state index is -3.62. The summed E-state index contributed by atoms with van der Waals surface area (Å²) in [6, 6.07) is 8.17. The largest absolute Gasteiger partial charge is 0.353 e. The number of carbonyl (C=O) groups is 1. The third kappa shape index (κ3) is 3.93. The molecule has 1 saturated heterocycles. The second-order valence-electron chi connectivity index (χ2n) is 8.51. The number of nitrogens with zero attached hydrogens (tertiary/aromatic N) is 1. The maximum atomic E-state index is 13.3. The highest BCUT2D eigenvalue weighted by Crippen LogP contribution is 2.31. The molecule has 4 rings (SSSR count). The van der Waals surface area contributed by atoms with Gasteiger partial charge in [-0.3, -0.25) is 4.79 Å². The van der Waals surface area contributed by atoms with Crippen LogP contribution in [-0.4, -0.2) is 36.7 Å². The Bertz CT molecular complexity index is 1030. The van der Waals surface area contributed by atoms with Gasteiger partial charge in [0.1, 0.15) is 10.6 Å². The zero-order valence-corrected chi connectivity index (χ0v) is 18.6. The number of amides is 1. The van der Waals surface area contributed by atoms with Crippen LogP contribution in [0.15, 0.2) is 29.2 Å². The molecule has 2 heterocycles. The van der Waals surface area contributed by atoms with E-state index >= 15 is 0 Å². The number of aromatic amines is 1. The molecule has 6 nitrogen and oxygen atoms in total. The van der Waals surface area contributed by atoms with Crippen LogP contribution in [0.25, 0.3) is 0 Å². The van der Waals surface area contributed by atoms with Gasteiger partial charge >= 0.3 is 0 Å². The Morgan fingerprint density at radius 3 is 2.50 bits per heavy atom. The van der Waals surface area contributed by atoms with E-state index in [1.54, 1.807) is 18.2 Å². The van der Waals surface area contributed by atoms with Crippen LogP contribution in [0.4, 0.5) is 0 Å². The normalized spacial score (nSPS) is 20.4. The number of nitrogens with one attached hydrogen (secondary N) is 2. The molecule has 0 spiro atoms. The van der Waals surface area contributed by atoms with E-state index in [1.807, 2.05) is 12.1 Å². The molecule has 0 unspecified atom stereocenters. The first-order chi connectivity index (χ1) is 14.4. The lowest BCUT2D eigenvalue weighted by Crippen LogP contribution is -2.33.